The molecule has 0 aromatic heterocycles. The molecule has 1 saturated carbocycles. The third-order valence-electron chi connectivity index (χ3n) is 1.93. The van der Waals surface area contributed by atoms with Crippen LogP contribution < -0.4 is 0 Å². The van der Waals surface area contributed by atoms with Crippen molar-refractivity contribution in [3.63, 3.8) is 0 Å². The van der Waals surface area contributed by atoms with Gasteiger partial charge in [-0.05, 0) is 19.8 Å². The van der Waals surface area contributed by atoms with E-state index >= 15 is 0 Å². The first-order valence-corrected chi connectivity index (χ1v) is 6.47. The van der Waals surface area contributed by atoms with Crippen molar-refractivity contribution in [1.82, 2.24) is 0 Å². The highest BCUT2D eigenvalue weighted by Gasteiger charge is 2.31. The van der Waals surface area contributed by atoms with E-state index in [0.717, 1.165) is 6.42 Å². The molecule has 1 aliphatic carbocycles. The van der Waals surface area contributed by atoms with Crippen LogP contribution in [0, 0.1) is 0 Å². The lowest BCUT2D eigenvalue weighted by Gasteiger charge is -2.16. The van der Waals surface area contributed by atoms with E-state index in [9.17, 15) is 9.36 Å². The van der Waals surface area contributed by atoms with Gasteiger partial charge in [0, 0.05) is 13.1 Å². The second kappa shape index (κ2) is 4.36. The highest BCUT2D eigenvalue weighted by molar-refractivity contribution is 7.53. The number of rotatable bonds is 4. The van der Waals surface area contributed by atoms with Crippen LogP contribution in [0.1, 0.15) is 26.2 Å². The summed E-state index contributed by atoms with van der Waals surface area (Å²) in [5, 5.41) is 0. The Morgan fingerprint density at radius 1 is 1.62 bits per heavy atom. The fourth-order valence-corrected chi connectivity index (χ4v) is 2.61. The topological polar surface area (TPSA) is 52.6 Å². The largest absolute Gasteiger partial charge is 0.328 e. The molecule has 1 aliphatic rings. The van der Waals surface area contributed by atoms with Gasteiger partial charge in [0.2, 0.25) is 0 Å². The number of Topliss-reactive ketones (excluding diaryl/α,β-unsaturated/α-hetero) is 1. The molecule has 0 bridgehead atoms. The number of carbonyl (C=O) groups excluding carboxylic acids is 1. The standard InChI is InChI=1S/C8H15O4P/c1-3-11-13(2,10)12-8-6-4-5-7(8)9/h8H,3-6H2,1-2H3. The minimum atomic E-state index is -3.00. The fraction of sp³-hybridized carbons (Fsp3) is 0.875. The molecule has 2 atom stereocenters. The first kappa shape index (κ1) is 10.9. The van der Waals surface area contributed by atoms with Crippen molar-refractivity contribution in [2.45, 2.75) is 32.3 Å². The van der Waals surface area contributed by atoms with Gasteiger partial charge in [-0.15, -0.1) is 0 Å². The summed E-state index contributed by atoms with van der Waals surface area (Å²) in [6, 6.07) is 0. The molecule has 0 aromatic carbocycles. The van der Waals surface area contributed by atoms with E-state index in [0.29, 0.717) is 19.4 Å². The van der Waals surface area contributed by atoms with Crippen LogP contribution in [0.4, 0.5) is 0 Å². The van der Waals surface area contributed by atoms with Gasteiger partial charge in [-0.2, -0.15) is 0 Å². The Kier molecular flexibility index (Phi) is 3.65. The highest BCUT2D eigenvalue weighted by atomic mass is 31.2. The Labute approximate surface area is 78.1 Å². The van der Waals surface area contributed by atoms with E-state index in [1.54, 1.807) is 6.92 Å². The fourth-order valence-electron chi connectivity index (χ4n) is 1.39. The average molecular weight is 206 g/mol. The molecule has 76 valence electrons. The van der Waals surface area contributed by atoms with Crippen LogP contribution >= 0.6 is 7.60 Å². The van der Waals surface area contributed by atoms with Gasteiger partial charge in [-0.25, -0.2) is 0 Å². The predicted molar refractivity (Wildman–Crippen MR) is 48.9 cm³/mol. The summed E-state index contributed by atoms with van der Waals surface area (Å²) in [5.41, 5.74) is 0. The molecule has 13 heavy (non-hydrogen) atoms. The maximum absolute atomic E-state index is 11.5. The third kappa shape index (κ3) is 3.22. The second-order valence-electron chi connectivity index (χ2n) is 3.14. The Hall–Kier alpha value is -0.180. The van der Waals surface area contributed by atoms with Crippen molar-refractivity contribution in [2.24, 2.45) is 0 Å². The molecule has 0 N–H and O–H groups in total. The van der Waals surface area contributed by atoms with Crippen LogP contribution in [0.3, 0.4) is 0 Å². The minimum absolute atomic E-state index is 0.0433. The normalized spacial score (nSPS) is 27.5. The molecule has 0 aromatic rings. The lowest BCUT2D eigenvalue weighted by Crippen LogP contribution is -2.16. The lowest BCUT2D eigenvalue weighted by molar-refractivity contribution is -0.123. The van der Waals surface area contributed by atoms with Gasteiger partial charge in [-0.1, -0.05) is 0 Å². The summed E-state index contributed by atoms with van der Waals surface area (Å²) in [6.07, 6.45) is 1.54. The smallest absolute Gasteiger partial charge is 0.309 e. The number of carbonyl (C=O) groups is 1. The van der Waals surface area contributed by atoms with E-state index in [4.69, 9.17) is 9.05 Å². The van der Waals surface area contributed by atoms with Gasteiger partial charge in [0.05, 0.1) is 6.61 Å². The van der Waals surface area contributed by atoms with E-state index in [-0.39, 0.29) is 5.78 Å². The van der Waals surface area contributed by atoms with Crippen LogP contribution in [-0.2, 0) is 18.4 Å². The Morgan fingerprint density at radius 2 is 2.31 bits per heavy atom. The first-order valence-electron chi connectivity index (χ1n) is 4.48. The summed E-state index contributed by atoms with van der Waals surface area (Å²) < 4.78 is 21.6. The summed E-state index contributed by atoms with van der Waals surface area (Å²) in [6.45, 7) is 3.49. The van der Waals surface area contributed by atoms with E-state index < -0.39 is 13.7 Å². The summed E-state index contributed by atoms with van der Waals surface area (Å²) in [7, 11) is -3.00. The zero-order valence-corrected chi connectivity index (χ0v) is 8.88. The van der Waals surface area contributed by atoms with Crippen molar-refractivity contribution in [1.29, 1.82) is 0 Å². The Bertz CT molecular complexity index is 238. The zero-order chi connectivity index (χ0) is 9.90. The molecule has 1 fully saturated rings. The van der Waals surface area contributed by atoms with Crippen molar-refractivity contribution >= 4 is 13.4 Å². The summed E-state index contributed by atoms with van der Waals surface area (Å²) >= 11 is 0. The highest BCUT2D eigenvalue weighted by Crippen LogP contribution is 2.46. The quantitative estimate of drug-likeness (QED) is 0.660. The molecule has 0 amide bonds. The molecular weight excluding hydrogens is 191 g/mol. The number of hydrogen-bond acceptors (Lipinski definition) is 4. The molecule has 0 spiro atoms. The van der Waals surface area contributed by atoms with Crippen molar-refractivity contribution in [2.75, 3.05) is 13.3 Å². The van der Waals surface area contributed by atoms with Gasteiger partial charge in [-0.3, -0.25) is 13.9 Å². The van der Waals surface area contributed by atoms with Crippen LogP contribution in [0.15, 0.2) is 0 Å². The number of hydrogen-bond donors (Lipinski definition) is 0. The molecule has 0 radical (unpaired) electrons. The molecule has 2 unspecified atom stereocenters. The molecule has 0 heterocycles. The third-order valence-corrected chi connectivity index (χ3v) is 3.30. The maximum atomic E-state index is 11.5. The van der Waals surface area contributed by atoms with Crippen LogP contribution in [0.5, 0.6) is 0 Å². The maximum Gasteiger partial charge on any atom is 0.328 e. The van der Waals surface area contributed by atoms with Crippen LogP contribution in [0.25, 0.3) is 0 Å². The molecule has 1 rings (SSSR count). The minimum Gasteiger partial charge on any atom is -0.309 e. The van der Waals surface area contributed by atoms with Crippen molar-refractivity contribution in [3.05, 3.63) is 0 Å². The zero-order valence-electron chi connectivity index (χ0n) is 7.99. The summed E-state index contributed by atoms with van der Waals surface area (Å²) in [4.78, 5) is 11.2. The van der Waals surface area contributed by atoms with E-state index in [1.165, 1.54) is 6.66 Å². The van der Waals surface area contributed by atoms with Gasteiger partial charge in [0.25, 0.3) is 0 Å². The molecular formula is C8H15O4P. The van der Waals surface area contributed by atoms with Gasteiger partial charge in [0.15, 0.2) is 5.78 Å². The first-order chi connectivity index (χ1) is 6.05. The van der Waals surface area contributed by atoms with Crippen LogP contribution in [0.2, 0.25) is 0 Å². The molecule has 5 heteroatoms. The van der Waals surface area contributed by atoms with Crippen LogP contribution in [-0.4, -0.2) is 25.2 Å². The predicted octanol–water partition coefficient (Wildman–Crippen LogP) is 1.98. The van der Waals surface area contributed by atoms with Gasteiger partial charge >= 0.3 is 7.60 Å². The summed E-state index contributed by atoms with van der Waals surface area (Å²) in [5.74, 6) is 0.0433. The van der Waals surface area contributed by atoms with E-state index in [1.807, 2.05) is 0 Å². The van der Waals surface area contributed by atoms with E-state index in [2.05, 4.69) is 0 Å². The SMILES string of the molecule is CCOP(C)(=O)OC1CCCC1=O. The monoisotopic (exact) mass is 206 g/mol. The van der Waals surface area contributed by atoms with Crippen molar-refractivity contribution < 1.29 is 18.4 Å². The molecule has 0 saturated heterocycles. The Morgan fingerprint density at radius 3 is 2.77 bits per heavy atom. The lowest BCUT2D eigenvalue weighted by atomic mass is 10.3. The Balaban J connectivity index is 2.47. The van der Waals surface area contributed by atoms with Gasteiger partial charge < -0.3 is 4.52 Å². The number of ketones is 1. The van der Waals surface area contributed by atoms with Gasteiger partial charge in [0.1, 0.15) is 6.10 Å². The average Bonchev–Trinajstić information content (AvgIpc) is 2.35. The van der Waals surface area contributed by atoms with Crippen molar-refractivity contribution in [3.8, 4) is 0 Å². The molecule has 0 aliphatic heterocycles. The second-order valence-corrected chi connectivity index (χ2v) is 5.15. The molecule has 4 nitrogen and oxygen atoms in total.